The van der Waals surface area contributed by atoms with Crippen LogP contribution in [0.15, 0.2) is 17.4 Å². The summed E-state index contributed by atoms with van der Waals surface area (Å²) in [6, 6.07) is 0. The third-order valence-electron chi connectivity index (χ3n) is 1.44. The van der Waals surface area contributed by atoms with Gasteiger partial charge in [0, 0.05) is 33.0 Å². The average Bonchev–Trinajstić information content (AvgIpc) is 2.20. The SMILES string of the molecule is CCN=c1n(C)ccn1C. The molecule has 0 radical (unpaired) electrons. The monoisotopic (exact) mass is 139 g/mol. The van der Waals surface area contributed by atoms with Crippen LogP contribution >= 0.6 is 0 Å². The molecule has 0 bridgehead atoms. The van der Waals surface area contributed by atoms with E-state index in [4.69, 9.17) is 0 Å². The Morgan fingerprint density at radius 1 is 1.30 bits per heavy atom. The molecular formula is C7H13N3. The van der Waals surface area contributed by atoms with Gasteiger partial charge in [0.15, 0.2) is 0 Å². The van der Waals surface area contributed by atoms with Crippen molar-refractivity contribution in [2.75, 3.05) is 6.54 Å². The summed E-state index contributed by atoms with van der Waals surface area (Å²) in [5.74, 6) is 0. The maximum Gasteiger partial charge on any atom is 0.204 e. The van der Waals surface area contributed by atoms with E-state index in [1.54, 1.807) is 0 Å². The van der Waals surface area contributed by atoms with Crippen LogP contribution in [0.25, 0.3) is 0 Å². The van der Waals surface area contributed by atoms with Gasteiger partial charge in [0.25, 0.3) is 0 Å². The predicted octanol–water partition coefficient (Wildman–Crippen LogP) is 0.284. The number of nitrogens with zero attached hydrogens (tertiary/aromatic N) is 3. The second-order valence-corrected chi connectivity index (χ2v) is 2.29. The zero-order chi connectivity index (χ0) is 7.56. The fraction of sp³-hybridized carbons (Fsp3) is 0.571. The molecule has 0 amide bonds. The number of hydrogen-bond acceptors (Lipinski definition) is 1. The van der Waals surface area contributed by atoms with Crippen molar-refractivity contribution in [3.63, 3.8) is 0 Å². The van der Waals surface area contributed by atoms with Gasteiger partial charge in [-0.05, 0) is 6.92 Å². The Kier molecular flexibility index (Phi) is 1.94. The van der Waals surface area contributed by atoms with E-state index in [-0.39, 0.29) is 0 Å². The van der Waals surface area contributed by atoms with Crippen LogP contribution in [0.1, 0.15) is 6.92 Å². The summed E-state index contributed by atoms with van der Waals surface area (Å²) >= 11 is 0. The average molecular weight is 139 g/mol. The van der Waals surface area contributed by atoms with Gasteiger partial charge in [-0.15, -0.1) is 0 Å². The van der Waals surface area contributed by atoms with Crippen LogP contribution in [0.3, 0.4) is 0 Å². The Morgan fingerprint density at radius 2 is 1.80 bits per heavy atom. The molecule has 0 N–H and O–H groups in total. The second-order valence-electron chi connectivity index (χ2n) is 2.29. The molecule has 0 unspecified atom stereocenters. The number of imidazole rings is 1. The van der Waals surface area contributed by atoms with Crippen molar-refractivity contribution in [1.82, 2.24) is 9.13 Å². The maximum absolute atomic E-state index is 4.29. The van der Waals surface area contributed by atoms with Crippen molar-refractivity contribution in [3.05, 3.63) is 18.0 Å². The van der Waals surface area contributed by atoms with Gasteiger partial charge in [-0.2, -0.15) is 0 Å². The molecule has 0 spiro atoms. The number of aryl methyl sites for hydroxylation is 2. The standard InChI is InChI=1S/C7H13N3/c1-4-8-7-9(2)5-6-10(7)3/h5-6H,4H2,1-3H3. The molecule has 0 aliphatic carbocycles. The van der Waals surface area contributed by atoms with E-state index >= 15 is 0 Å². The van der Waals surface area contributed by atoms with E-state index in [2.05, 4.69) is 4.99 Å². The minimum atomic E-state index is 0.839. The molecular weight excluding hydrogens is 126 g/mol. The fourth-order valence-corrected chi connectivity index (χ4v) is 0.947. The van der Waals surface area contributed by atoms with Crippen LogP contribution in [0.2, 0.25) is 0 Å². The molecule has 0 aliphatic heterocycles. The summed E-state index contributed by atoms with van der Waals surface area (Å²) in [7, 11) is 3.99. The zero-order valence-electron chi connectivity index (χ0n) is 6.70. The van der Waals surface area contributed by atoms with Crippen LogP contribution in [0, 0.1) is 0 Å². The molecule has 3 heteroatoms. The molecule has 56 valence electrons. The molecule has 0 atom stereocenters. The van der Waals surface area contributed by atoms with E-state index in [1.807, 2.05) is 42.5 Å². The first-order valence-electron chi connectivity index (χ1n) is 3.44. The van der Waals surface area contributed by atoms with Crippen LogP contribution in [0.4, 0.5) is 0 Å². The Balaban J connectivity index is 3.23. The van der Waals surface area contributed by atoms with Crippen molar-refractivity contribution in [2.24, 2.45) is 19.1 Å². The summed E-state index contributed by atoms with van der Waals surface area (Å²) in [5, 5.41) is 0. The van der Waals surface area contributed by atoms with Gasteiger partial charge in [-0.25, -0.2) is 0 Å². The Morgan fingerprint density at radius 3 is 2.20 bits per heavy atom. The van der Waals surface area contributed by atoms with Crippen molar-refractivity contribution >= 4 is 0 Å². The smallest absolute Gasteiger partial charge is 0.204 e. The van der Waals surface area contributed by atoms with Crippen molar-refractivity contribution in [1.29, 1.82) is 0 Å². The van der Waals surface area contributed by atoms with Gasteiger partial charge in [-0.1, -0.05) is 0 Å². The highest BCUT2D eigenvalue weighted by Crippen LogP contribution is 1.75. The lowest BCUT2D eigenvalue weighted by molar-refractivity contribution is 0.724. The van der Waals surface area contributed by atoms with Gasteiger partial charge < -0.3 is 9.13 Å². The van der Waals surface area contributed by atoms with Crippen LogP contribution in [-0.4, -0.2) is 15.7 Å². The van der Waals surface area contributed by atoms with Gasteiger partial charge >= 0.3 is 0 Å². The largest absolute Gasteiger partial charge is 0.321 e. The van der Waals surface area contributed by atoms with E-state index in [1.165, 1.54) is 0 Å². The lowest BCUT2D eigenvalue weighted by atomic mass is 10.8. The highest BCUT2D eigenvalue weighted by Gasteiger charge is 1.88. The van der Waals surface area contributed by atoms with Gasteiger partial charge in [0.05, 0.1) is 0 Å². The summed E-state index contributed by atoms with van der Waals surface area (Å²) < 4.78 is 4.01. The predicted molar refractivity (Wildman–Crippen MR) is 40.5 cm³/mol. The topological polar surface area (TPSA) is 22.2 Å². The molecule has 10 heavy (non-hydrogen) atoms. The summed E-state index contributed by atoms with van der Waals surface area (Å²) in [6.45, 7) is 2.87. The Labute approximate surface area is 60.6 Å². The van der Waals surface area contributed by atoms with Gasteiger partial charge in [-0.3, -0.25) is 4.99 Å². The molecule has 0 aromatic carbocycles. The first-order valence-corrected chi connectivity index (χ1v) is 3.44. The molecule has 1 heterocycles. The molecule has 0 fully saturated rings. The fourth-order valence-electron chi connectivity index (χ4n) is 0.947. The maximum atomic E-state index is 4.29. The molecule has 0 aliphatic rings. The molecule has 3 nitrogen and oxygen atoms in total. The minimum absolute atomic E-state index is 0.839. The first kappa shape index (κ1) is 7.12. The molecule has 0 saturated carbocycles. The van der Waals surface area contributed by atoms with Gasteiger partial charge in [0.2, 0.25) is 5.62 Å². The minimum Gasteiger partial charge on any atom is -0.321 e. The molecule has 0 saturated heterocycles. The molecule has 1 aromatic rings. The van der Waals surface area contributed by atoms with Gasteiger partial charge in [0.1, 0.15) is 0 Å². The van der Waals surface area contributed by atoms with Crippen molar-refractivity contribution in [2.45, 2.75) is 6.92 Å². The quantitative estimate of drug-likeness (QED) is 0.533. The number of aromatic nitrogens is 2. The van der Waals surface area contributed by atoms with Crippen molar-refractivity contribution < 1.29 is 0 Å². The van der Waals surface area contributed by atoms with E-state index in [0.29, 0.717) is 0 Å². The van der Waals surface area contributed by atoms with Crippen LogP contribution < -0.4 is 5.62 Å². The second kappa shape index (κ2) is 2.73. The summed E-state index contributed by atoms with van der Waals surface area (Å²) in [5.41, 5.74) is 1.02. The molecule has 1 rings (SSSR count). The van der Waals surface area contributed by atoms with E-state index in [0.717, 1.165) is 12.2 Å². The zero-order valence-corrected chi connectivity index (χ0v) is 6.70. The normalized spacial score (nSPS) is 9.90. The Bertz CT molecular complexity index is 244. The molecule has 1 aromatic heterocycles. The van der Waals surface area contributed by atoms with Crippen molar-refractivity contribution in [3.8, 4) is 0 Å². The van der Waals surface area contributed by atoms with E-state index < -0.39 is 0 Å². The highest BCUT2D eigenvalue weighted by molar-refractivity contribution is 4.76. The third-order valence-corrected chi connectivity index (χ3v) is 1.44. The van der Waals surface area contributed by atoms with Crippen LogP contribution in [0.5, 0.6) is 0 Å². The third kappa shape index (κ3) is 1.12. The lowest BCUT2D eigenvalue weighted by Crippen LogP contribution is -2.21. The Hall–Kier alpha value is -0.990. The number of rotatable bonds is 1. The lowest BCUT2D eigenvalue weighted by Gasteiger charge is -1.91. The summed E-state index contributed by atoms with van der Waals surface area (Å²) in [4.78, 5) is 4.29. The summed E-state index contributed by atoms with van der Waals surface area (Å²) in [6.07, 6.45) is 3.99. The number of hydrogen-bond donors (Lipinski definition) is 0. The van der Waals surface area contributed by atoms with E-state index in [9.17, 15) is 0 Å². The van der Waals surface area contributed by atoms with Crippen LogP contribution in [-0.2, 0) is 14.1 Å². The highest BCUT2D eigenvalue weighted by atomic mass is 15.2. The first-order chi connectivity index (χ1) is 4.75.